The first-order valence-electron chi connectivity index (χ1n) is 5.72. The van der Waals surface area contributed by atoms with Crippen LogP contribution in [0.4, 0.5) is 0 Å². The number of nitriles is 1. The summed E-state index contributed by atoms with van der Waals surface area (Å²) in [6, 6.07) is 12.9. The van der Waals surface area contributed by atoms with Crippen LogP contribution in [0.5, 0.6) is 0 Å². The number of halogens is 1. The standard InChI is InChI=1S/C14H7BrN4O/c15-11-3-1-9(2-4-11)13-18-14(20-19-13)10-5-6-17-12(7-10)8-16/h1-7H. The highest BCUT2D eigenvalue weighted by Crippen LogP contribution is 2.23. The van der Waals surface area contributed by atoms with Gasteiger partial charge in [0.25, 0.3) is 5.89 Å². The van der Waals surface area contributed by atoms with Crippen molar-refractivity contribution in [1.29, 1.82) is 5.26 Å². The monoisotopic (exact) mass is 326 g/mol. The molecular weight excluding hydrogens is 320 g/mol. The van der Waals surface area contributed by atoms with Gasteiger partial charge in [-0.3, -0.25) is 0 Å². The normalized spacial score (nSPS) is 10.2. The number of pyridine rings is 1. The molecule has 0 aliphatic carbocycles. The van der Waals surface area contributed by atoms with Gasteiger partial charge in [-0.05, 0) is 36.4 Å². The van der Waals surface area contributed by atoms with Crippen LogP contribution in [0.15, 0.2) is 51.6 Å². The summed E-state index contributed by atoms with van der Waals surface area (Å²) in [6.45, 7) is 0. The van der Waals surface area contributed by atoms with Crippen molar-refractivity contribution in [2.75, 3.05) is 0 Å². The summed E-state index contributed by atoms with van der Waals surface area (Å²) in [5, 5.41) is 12.8. The van der Waals surface area contributed by atoms with Crippen LogP contribution >= 0.6 is 15.9 Å². The van der Waals surface area contributed by atoms with Gasteiger partial charge >= 0.3 is 0 Å². The van der Waals surface area contributed by atoms with E-state index in [1.807, 2.05) is 30.3 Å². The Morgan fingerprint density at radius 1 is 1.10 bits per heavy atom. The minimum Gasteiger partial charge on any atom is -0.334 e. The summed E-state index contributed by atoms with van der Waals surface area (Å²) < 4.78 is 6.21. The third kappa shape index (κ3) is 2.44. The molecule has 3 rings (SSSR count). The van der Waals surface area contributed by atoms with E-state index in [1.54, 1.807) is 12.1 Å². The third-order valence-corrected chi connectivity index (χ3v) is 3.18. The first-order chi connectivity index (χ1) is 9.76. The molecule has 2 heterocycles. The number of nitrogens with zero attached hydrogens (tertiary/aromatic N) is 4. The van der Waals surface area contributed by atoms with Crippen LogP contribution in [0.1, 0.15) is 5.69 Å². The van der Waals surface area contributed by atoms with Crippen molar-refractivity contribution < 1.29 is 4.52 Å². The molecule has 0 N–H and O–H groups in total. The van der Waals surface area contributed by atoms with E-state index >= 15 is 0 Å². The van der Waals surface area contributed by atoms with Gasteiger partial charge in [-0.25, -0.2) is 4.98 Å². The molecule has 0 saturated heterocycles. The summed E-state index contributed by atoms with van der Waals surface area (Å²) >= 11 is 3.37. The first-order valence-corrected chi connectivity index (χ1v) is 6.52. The Balaban J connectivity index is 1.97. The largest absolute Gasteiger partial charge is 0.334 e. The summed E-state index contributed by atoms with van der Waals surface area (Å²) in [4.78, 5) is 8.23. The Labute approximate surface area is 123 Å². The summed E-state index contributed by atoms with van der Waals surface area (Å²) in [5.41, 5.74) is 1.84. The predicted molar refractivity (Wildman–Crippen MR) is 75.4 cm³/mol. The smallest absolute Gasteiger partial charge is 0.258 e. The van der Waals surface area contributed by atoms with Gasteiger partial charge in [-0.15, -0.1) is 0 Å². The van der Waals surface area contributed by atoms with Crippen LogP contribution in [0.3, 0.4) is 0 Å². The number of hydrogen-bond acceptors (Lipinski definition) is 5. The number of rotatable bonds is 2. The Bertz CT molecular complexity index is 789. The molecule has 1 aromatic carbocycles. The van der Waals surface area contributed by atoms with E-state index in [2.05, 4.69) is 31.1 Å². The van der Waals surface area contributed by atoms with Crippen LogP contribution in [0.25, 0.3) is 22.8 Å². The van der Waals surface area contributed by atoms with Gasteiger partial charge < -0.3 is 4.52 Å². The fraction of sp³-hybridized carbons (Fsp3) is 0. The molecule has 6 heteroatoms. The van der Waals surface area contributed by atoms with Gasteiger partial charge in [0.2, 0.25) is 5.82 Å². The van der Waals surface area contributed by atoms with Crippen molar-refractivity contribution in [3.05, 3.63) is 52.8 Å². The van der Waals surface area contributed by atoms with Crippen LogP contribution in [0.2, 0.25) is 0 Å². The molecule has 0 spiro atoms. The Morgan fingerprint density at radius 2 is 1.90 bits per heavy atom. The lowest BCUT2D eigenvalue weighted by Gasteiger charge is -1.94. The molecule has 3 aromatic rings. The molecule has 96 valence electrons. The average molecular weight is 327 g/mol. The summed E-state index contributed by atoms with van der Waals surface area (Å²) in [6.07, 6.45) is 1.54. The maximum Gasteiger partial charge on any atom is 0.258 e. The van der Waals surface area contributed by atoms with Gasteiger partial charge in [0.05, 0.1) is 0 Å². The highest BCUT2D eigenvalue weighted by Gasteiger charge is 2.11. The first kappa shape index (κ1) is 12.5. The van der Waals surface area contributed by atoms with Crippen molar-refractivity contribution in [3.8, 4) is 28.9 Å². The molecule has 0 aliphatic rings. The number of hydrogen-bond donors (Lipinski definition) is 0. The van der Waals surface area contributed by atoms with Gasteiger partial charge in [0.1, 0.15) is 11.8 Å². The third-order valence-electron chi connectivity index (χ3n) is 2.65. The molecule has 0 atom stereocenters. The molecule has 5 nitrogen and oxygen atoms in total. The van der Waals surface area contributed by atoms with Crippen molar-refractivity contribution in [1.82, 2.24) is 15.1 Å². The van der Waals surface area contributed by atoms with Gasteiger partial charge in [0, 0.05) is 21.8 Å². The van der Waals surface area contributed by atoms with E-state index in [9.17, 15) is 0 Å². The zero-order valence-corrected chi connectivity index (χ0v) is 11.7. The molecule has 0 radical (unpaired) electrons. The minimum absolute atomic E-state index is 0.311. The van der Waals surface area contributed by atoms with E-state index < -0.39 is 0 Å². The molecule has 0 unspecified atom stereocenters. The summed E-state index contributed by atoms with van der Waals surface area (Å²) in [5.74, 6) is 0.865. The predicted octanol–water partition coefficient (Wildman–Crippen LogP) is 3.43. The van der Waals surface area contributed by atoms with Crippen molar-refractivity contribution in [2.45, 2.75) is 0 Å². The van der Waals surface area contributed by atoms with Gasteiger partial charge in [-0.2, -0.15) is 10.2 Å². The molecule has 2 aromatic heterocycles. The van der Waals surface area contributed by atoms with Crippen LogP contribution < -0.4 is 0 Å². The minimum atomic E-state index is 0.311. The average Bonchev–Trinajstić information content (AvgIpc) is 2.98. The molecule has 0 amide bonds. The maximum atomic E-state index is 8.83. The quantitative estimate of drug-likeness (QED) is 0.721. The van der Waals surface area contributed by atoms with Crippen LogP contribution in [-0.4, -0.2) is 15.1 Å². The summed E-state index contributed by atoms with van der Waals surface area (Å²) in [7, 11) is 0. The molecule has 0 aliphatic heterocycles. The van der Waals surface area contributed by atoms with Crippen molar-refractivity contribution in [2.24, 2.45) is 0 Å². The number of aromatic nitrogens is 3. The van der Waals surface area contributed by atoms with E-state index in [1.165, 1.54) is 6.20 Å². The second-order valence-electron chi connectivity index (χ2n) is 3.97. The lowest BCUT2D eigenvalue weighted by Crippen LogP contribution is -1.84. The van der Waals surface area contributed by atoms with E-state index in [0.717, 1.165) is 10.0 Å². The van der Waals surface area contributed by atoms with E-state index in [4.69, 9.17) is 9.78 Å². The molecular formula is C14H7BrN4O. The lowest BCUT2D eigenvalue weighted by molar-refractivity contribution is 0.432. The molecule has 0 fully saturated rings. The second kappa shape index (κ2) is 5.23. The Hall–Kier alpha value is -2.52. The van der Waals surface area contributed by atoms with E-state index in [0.29, 0.717) is 23.0 Å². The van der Waals surface area contributed by atoms with Crippen molar-refractivity contribution >= 4 is 15.9 Å². The fourth-order valence-electron chi connectivity index (χ4n) is 1.68. The highest BCUT2D eigenvalue weighted by molar-refractivity contribution is 9.10. The number of benzene rings is 1. The Morgan fingerprint density at radius 3 is 2.65 bits per heavy atom. The fourth-order valence-corrected chi connectivity index (χ4v) is 1.95. The van der Waals surface area contributed by atoms with Crippen LogP contribution in [0, 0.1) is 11.3 Å². The Kier molecular flexibility index (Phi) is 3.27. The topological polar surface area (TPSA) is 75.6 Å². The second-order valence-corrected chi connectivity index (χ2v) is 4.89. The van der Waals surface area contributed by atoms with Gasteiger partial charge in [0.15, 0.2) is 0 Å². The van der Waals surface area contributed by atoms with Gasteiger partial charge in [-0.1, -0.05) is 21.1 Å². The molecule has 0 bridgehead atoms. The molecule has 20 heavy (non-hydrogen) atoms. The molecule has 0 saturated carbocycles. The SMILES string of the molecule is N#Cc1cc(-c2nc(-c3ccc(Br)cc3)no2)ccn1. The van der Waals surface area contributed by atoms with Crippen molar-refractivity contribution in [3.63, 3.8) is 0 Å². The zero-order chi connectivity index (χ0) is 13.9. The zero-order valence-electron chi connectivity index (χ0n) is 10.1. The van der Waals surface area contributed by atoms with Crippen LogP contribution in [-0.2, 0) is 0 Å². The highest BCUT2D eigenvalue weighted by atomic mass is 79.9. The lowest BCUT2D eigenvalue weighted by atomic mass is 10.2. The van der Waals surface area contributed by atoms with E-state index in [-0.39, 0.29) is 0 Å². The maximum absolute atomic E-state index is 8.83.